The molecule has 1 amide bonds. The zero-order valence-electron chi connectivity index (χ0n) is 16.1. The Kier molecular flexibility index (Phi) is 5.87. The third kappa shape index (κ3) is 4.73. The van der Waals surface area contributed by atoms with E-state index < -0.39 is 0 Å². The Labute approximate surface area is 160 Å². The molecule has 0 atom stereocenters. The zero-order chi connectivity index (χ0) is 19.2. The maximum absolute atomic E-state index is 12.9. The first-order chi connectivity index (χ1) is 13.1. The van der Waals surface area contributed by atoms with Crippen molar-refractivity contribution in [3.05, 3.63) is 89.2 Å². The van der Waals surface area contributed by atoms with Crippen molar-refractivity contribution >= 4 is 17.3 Å². The summed E-state index contributed by atoms with van der Waals surface area (Å²) < 4.78 is 0. The van der Waals surface area contributed by atoms with Gasteiger partial charge in [-0.1, -0.05) is 48.0 Å². The fraction of sp³-hybridized carbons (Fsp3) is 0.217. The highest BCUT2D eigenvalue weighted by atomic mass is 16.2. The van der Waals surface area contributed by atoms with Crippen LogP contribution in [0.25, 0.3) is 0 Å². The minimum absolute atomic E-state index is 0.0642. The lowest BCUT2D eigenvalue weighted by atomic mass is 10.1. The number of amides is 1. The summed E-state index contributed by atoms with van der Waals surface area (Å²) in [4.78, 5) is 19.0. The number of pyridine rings is 1. The number of rotatable bonds is 6. The Morgan fingerprint density at radius 3 is 2.52 bits per heavy atom. The highest BCUT2D eigenvalue weighted by molar-refractivity contribution is 5.93. The van der Waals surface area contributed by atoms with Gasteiger partial charge in [-0.05, 0) is 50.1 Å². The Hall–Kier alpha value is -3.14. The molecule has 138 valence electrons. The van der Waals surface area contributed by atoms with Gasteiger partial charge in [0.15, 0.2) is 0 Å². The molecule has 4 heteroatoms. The van der Waals surface area contributed by atoms with Gasteiger partial charge in [-0.25, -0.2) is 0 Å². The molecule has 2 aromatic carbocycles. The van der Waals surface area contributed by atoms with E-state index in [1.54, 1.807) is 11.1 Å². The Balaban J connectivity index is 1.78. The van der Waals surface area contributed by atoms with Crippen LogP contribution in [0.2, 0.25) is 0 Å². The summed E-state index contributed by atoms with van der Waals surface area (Å²) in [6.45, 7) is 7.34. The summed E-state index contributed by atoms with van der Waals surface area (Å²) in [6.07, 6.45) is 1.68. The summed E-state index contributed by atoms with van der Waals surface area (Å²) in [5, 5.41) is 3.39. The van der Waals surface area contributed by atoms with E-state index >= 15 is 0 Å². The summed E-state index contributed by atoms with van der Waals surface area (Å²) >= 11 is 0. The van der Waals surface area contributed by atoms with Gasteiger partial charge in [-0.2, -0.15) is 0 Å². The maximum Gasteiger partial charge on any atom is 0.272 e. The van der Waals surface area contributed by atoms with Crippen LogP contribution in [0.3, 0.4) is 0 Å². The van der Waals surface area contributed by atoms with Crippen LogP contribution in [0, 0.1) is 13.8 Å². The highest BCUT2D eigenvalue weighted by Crippen LogP contribution is 2.22. The standard InChI is InChI=1S/C23H25N3O/c1-4-26(16-19-8-6-5-7-9-19)23(27)22-15-20(12-13-24-22)25-21-11-10-17(2)14-18(21)3/h5-15H,4,16H2,1-3H3,(H,24,25). The van der Waals surface area contributed by atoms with Gasteiger partial charge in [0.2, 0.25) is 0 Å². The van der Waals surface area contributed by atoms with E-state index in [4.69, 9.17) is 0 Å². The van der Waals surface area contributed by atoms with Gasteiger partial charge in [-0.3, -0.25) is 9.78 Å². The molecule has 0 aliphatic heterocycles. The molecule has 0 radical (unpaired) electrons. The van der Waals surface area contributed by atoms with E-state index in [1.807, 2.05) is 49.4 Å². The molecule has 3 aromatic rings. The number of nitrogens with one attached hydrogen (secondary N) is 1. The van der Waals surface area contributed by atoms with E-state index in [0.717, 1.165) is 16.9 Å². The summed E-state index contributed by atoms with van der Waals surface area (Å²) in [6, 6.07) is 20.0. The molecule has 0 saturated carbocycles. The Morgan fingerprint density at radius 1 is 1.04 bits per heavy atom. The topological polar surface area (TPSA) is 45.2 Å². The van der Waals surface area contributed by atoms with Gasteiger partial charge in [-0.15, -0.1) is 0 Å². The van der Waals surface area contributed by atoms with Crippen molar-refractivity contribution in [1.29, 1.82) is 0 Å². The van der Waals surface area contributed by atoms with Crippen LogP contribution in [0.4, 0.5) is 11.4 Å². The number of hydrogen-bond acceptors (Lipinski definition) is 3. The molecule has 0 aliphatic carbocycles. The fourth-order valence-electron chi connectivity index (χ4n) is 3.03. The molecule has 1 heterocycles. The van der Waals surface area contributed by atoms with Crippen LogP contribution in [0.1, 0.15) is 34.1 Å². The molecule has 1 N–H and O–H groups in total. The SMILES string of the molecule is CCN(Cc1ccccc1)C(=O)c1cc(Nc2ccc(C)cc2C)ccn1. The third-order valence-corrected chi connectivity index (χ3v) is 4.53. The first-order valence-electron chi connectivity index (χ1n) is 9.20. The molecule has 0 unspecified atom stereocenters. The number of hydrogen-bond donors (Lipinski definition) is 1. The molecular weight excluding hydrogens is 334 g/mol. The predicted octanol–water partition coefficient (Wildman–Crippen LogP) is 5.10. The molecule has 0 aliphatic rings. The van der Waals surface area contributed by atoms with Crippen LogP contribution in [-0.4, -0.2) is 22.3 Å². The number of benzene rings is 2. The molecule has 0 fully saturated rings. The lowest BCUT2D eigenvalue weighted by molar-refractivity contribution is 0.0746. The third-order valence-electron chi connectivity index (χ3n) is 4.53. The van der Waals surface area contributed by atoms with Crippen LogP contribution in [0.5, 0.6) is 0 Å². The van der Waals surface area contributed by atoms with E-state index in [2.05, 4.69) is 42.3 Å². The number of carbonyl (C=O) groups excluding carboxylic acids is 1. The van der Waals surface area contributed by atoms with Gasteiger partial charge in [0, 0.05) is 30.7 Å². The second-order valence-electron chi connectivity index (χ2n) is 6.68. The smallest absolute Gasteiger partial charge is 0.272 e. The van der Waals surface area contributed by atoms with Crippen LogP contribution >= 0.6 is 0 Å². The van der Waals surface area contributed by atoms with E-state index in [9.17, 15) is 4.79 Å². The van der Waals surface area contributed by atoms with Crippen molar-refractivity contribution < 1.29 is 4.79 Å². The fourth-order valence-corrected chi connectivity index (χ4v) is 3.03. The molecular formula is C23H25N3O. The number of aryl methyl sites for hydroxylation is 2. The van der Waals surface area contributed by atoms with Gasteiger partial charge in [0.1, 0.15) is 5.69 Å². The number of carbonyl (C=O) groups is 1. The highest BCUT2D eigenvalue weighted by Gasteiger charge is 2.16. The van der Waals surface area contributed by atoms with Gasteiger partial charge in [0.05, 0.1) is 0 Å². The lowest BCUT2D eigenvalue weighted by Crippen LogP contribution is -2.31. The monoisotopic (exact) mass is 359 g/mol. The van der Waals surface area contributed by atoms with Crippen molar-refractivity contribution in [3.63, 3.8) is 0 Å². The van der Waals surface area contributed by atoms with Crippen LogP contribution < -0.4 is 5.32 Å². The van der Waals surface area contributed by atoms with E-state index in [1.165, 1.54) is 11.1 Å². The predicted molar refractivity (Wildman–Crippen MR) is 110 cm³/mol. The summed E-state index contributed by atoms with van der Waals surface area (Å²) in [5.74, 6) is -0.0642. The van der Waals surface area contributed by atoms with E-state index in [-0.39, 0.29) is 5.91 Å². The molecule has 4 nitrogen and oxygen atoms in total. The number of anilines is 2. The normalized spacial score (nSPS) is 10.5. The van der Waals surface area contributed by atoms with Gasteiger partial charge in [0.25, 0.3) is 5.91 Å². The van der Waals surface area contributed by atoms with E-state index in [0.29, 0.717) is 18.8 Å². The van der Waals surface area contributed by atoms with Crippen LogP contribution in [0.15, 0.2) is 66.9 Å². The molecule has 3 rings (SSSR count). The molecule has 0 saturated heterocycles. The van der Waals surface area contributed by atoms with Crippen molar-refractivity contribution in [3.8, 4) is 0 Å². The minimum atomic E-state index is -0.0642. The largest absolute Gasteiger partial charge is 0.355 e. The minimum Gasteiger partial charge on any atom is -0.355 e. The van der Waals surface area contributed by atoms with Gasteiger partial charge >= 0.3 is 0 Å². The van der Waals surface area contributed by atoms with Crippen molar-refractivity contribution in [2.24, 2.45) is 0 Å². The Bertz CT molecular complexity index is 922. The molecule has 0 spiro atoms. The Morgan fingerprint density at radius 2 is 1.81 bits per heavy atom. The summed E-state index contributed by atoms with van der Waals surface area (Å²) in [7, 11) is 0. The second kappa shape index (κ2) is 8.49. The zero-order valence-corrected chi connectivity index (χ0v) is 16.1. The first kappa shape index (κ1) is 18.6. The summed E-state index contributed by atoms with van der Waals surface area (Å²) in [5.41, 5.74) is 5.83. The van der Waals surface area contributed by atoms with Crippen molar-refractivity contribution in [2.75, 3.05) is 11.9 Å². The van der Waals surface area contributed by atoms with Crippen LogP contribution in [-0.2, 0) is 6.54 Å². The van der Waals surface area contributed by atoms with Crippen molar-refractivity contribution in [2.45, 2.75) is 27.3 Å². The van der Waals surface area contributed by atoms with Crippen molar-refractivity contribution in [1.82, 2.24) is 9.88 Å². The quantitative estimate of drug-likeness (QED) is 0.665. The number of nitrogens with zero attached hydrogens (tertiary/aromatic N) is 2. The second-order valence-corrected chi connectivity index (χ2v) is 6.68. The van der Waals surface area contributed by atoms with Gasteiger partial charge < -0.3 is 10.2 Å². The maximum atomic E-state index is 12.9. The average Bonchev–Trinajstić information content (AvgIpc) is 2.69. The first-order valence-corrected chi connectivity index (χ1v) is 9.20. The average molecular weight is 359 g/mol. The molecule has 1 aromatic heterocycles. The lowest BCUT2D eigenvalue weighted by Gasteiger charge is -2.21. The molecule has 0 bridgehead atoms. The molecule has 27 heavy (non-hydrogen) atoms. The number of aromatic nitrogens is 1.